The summed E-state index contributed by atoms with van der Waals surface area (Å²) in [5.41, 5.74) is 7.81. The first-order valence-electron chi connectivity index (χ1n) is 10.7. The Hall–Kier alpha value is -4.01. The van der Waals surface area contributed by atoms with Gasteiger partial charge in [-0.05, 0) is 23.6 Å². The molecule has 0 aliphatic heterocycles. The smallest absolute Gasteiger partial charge is 0.253 e. The summed E-state index contributed by atoms with van der Waals surface area (Å²) >= 11 is 0. The number of carbonyl (C=O) groups is 3. The summed E-state index contributed by atoms with van der Waals surface area (Å²) in [6.45, 7) is 4.37. The number of anilines is 1. The van der Waals surface area contributed by atoms with E-state index < -0.39 is 11.8 Å². The van der Waals surface area contributed by atoms with E-state index in [9.17, 15) is 14.4 Å². The molecule has 1 aromatic heterocycles. The number of primary amides is 1. The van der Waals surface area contributed by atoms with E-state index >= 15 is 0 Å². The molecule has 0 radical (unpaired) electrons. The van der Waals surface area contributed by atoms with Crippen LogP contribution in [-0.2, 0) is 16.0 Å². The van der Waals surface area contributed by atoms with Crippen molar-refractivity contribution in [2.24, 2.45) is 5.73 Å². The number of rotatable bonds is 10. The van der Waals surface area contributed by atoms with Gasteiger partial charge in [-0.3, -0.25) is 14.4 Å². The summed E-state index contributed by atoms with van der Waals surface area (Å²) < 4.78 is 5.28. The van der Waals surface area contributed by atoms with Crippen LogP contribution in [0.25, 0.3) is 11.4 Å². The lowest BCUT2D eigenvalue weighted by Gasteiger charge is -2.11. The first-order chi connectivity index (χ1) is 15.8. The summed E-state index contributed by atoms with van der Waals surface area (Å²) in [5, 5.41) is 9.34. The molecule has 9 heteroatoms. The highest BCUT2D eigenvalue weighted by atomic mass is 16.5. The van der Waals surface area contributed by atoms with Gasteiger partial charge in [-0.15, -0.1) is 0 Å². The largest absolute Gasteiger partial charge is 0.370 e. The first kappa shape index (κ1) is 23.6. The molecule has 0 spiro atoms. The zero-order valence-electron chi connectivity index (χ0n) is 18.6. The predicted octanol–water partition coefficient (Wildman–Crippen LogP) is 3.04. The van der Waals surface area contributed by atoms with Crippen molar-refractivity contribution in [3.05, 3.63) is 65.5 Å². The Bertz CT molecular complexity index is 1120. The Kier molecular flexibility index (Phi) is 7.91. The molecule has 33 heavy (non-hydrogen) atoms. The molecule has 0 saturated carbocycles. The van der Waals surface area contributed by atoms with Crippen molar-refractivity contribution in [2.45, 2.75) is 39.0 Å². The van der Waals surface area contributed by atoms with Crippen molar-refractivity contribution in [3.63, 3.8) is 0 Å². The standard InChI is InChI=1S/C24H27N5O4/c1-15(2)16-7-9-17(10-8-16)23-28-22(33-29-23)12-11-21(31)27-19-6-4-3-5-18(19)24(32)26-14-13-20(25)30/h3-10,15H,11-14H2,1-2H3,(H2,25,30)(H,26,32)(H,27,31). The minimum absolute atomic E-state index is 0.0360. The first-order valence-corrected chi connectivity index (χ1v) is 10.7. The highest BCUT2D eigenvalue weighted by Gasteiger charge is 2.15. The fourth-order valence-corrected chi connectivity index (χ4v) is 3.11. The Morgan fingerprint density at radius 2 is 1.76 bits per heavy atom. The quantitative estimate of drug-likeness (QED) is 0.435. The maximum absolute atomic E-state index is 12.4. The van der Waals surface area contributed by atoms with Crippen LogP contribution in [0.1, 0.15) is 54.4 Å². The molecule has 3 amide bonds. The summed E-state index contributed by atoms with van der Waals surface area (Å²) in [6.07, 6.45) is 0.399. The van der Waals surface area contributed by atoms with Gasteiger partial charge in [0, 0.05) is 31.4 Å². The van der Waals surface area contributed by atoms with Crippen LogP contribution in [0, 0.1) is 0 Å². The van der Waals surface area contributed by atoms with Gasteiger partial charge < -0.3 is 20.9 Å². The molecule has 0 aliphatic rings. The van der Waals surface area contributed by atoms with E-state index in [1.54, 1.807) is 24.3 Å². The molecule has 0 saturated heterocycles. The number of nitrogens with zero attached hydrogens (tertiary/aromatic N) is 2. The van der Waals surface area contributed by atoms with Gasteiger partial charge in [0.1, 0.15) is 0 Å². The van der Waals surface area contributed by atoms with Crippen LogP contribution < -0.4 is 16.4 Å². The van der Waals surface area contributed by atoms with Crippen molar-refractivity contribution >= 4 is 23.4 Å². The Labute approximate surface area is 191 Å². The predicted molar refractivity (Wildman–Crippen MR) is 123 cm³/mol. The Morgan fingerprint density at radius 3 is 2.45 bits per heavy atom. The monoisotopic (exact) mass is 449 g/mol. The van der Waals surface area contributed by atoms with Gasteiger partial charge in [-0.1, -0.05) is 55.4 Å². The maximum Gasteiger partial charge on any atom is 0.253 e. The average molecular weight is 450 g/mol. The molecule has 0 aliphatic carbocycles. The molecule has 3 rings (SSSR count). The minimum Gasteiger partial charge on any atom is -0.370 e. The van der Waals surface area contributed by atoms with Crippen LogP contribution in [0.4, 0.5) is 5.69 Å². The molecule has 0 unspecified atom stereocenters. The zero-order valence-corrected chi connectivity index (χ0v) is 18.6. The number of amides is 3. The van der Waals surface area contributed by atoms with E-state index in [4.69, 9.17) is 10.3 Å². The Balaban J connectivity index is 1.56. The summed E-state index contributed by atoms with van der Waals surface area (Å²) in [5.74, 6) is 0.0493. The number of hydrogen-bond acceptors (Lipinski definition) is 6. The van der Waals surface area contributed by atoms with Crippen molar-refractivity contribution < 1.29 is 18.9 Å². The number of para-hydroxylation sites is 1. The lowest BCUT2D eigenvalue weighted by atomic mass is 10.0. The molecule has 1 heterocycles. The summed E-state index contributed by atoms with van der Waals surface area (Å²) in [4.78, 5) is 40.0. The van der Waals surface area contributed by atoms with Gasteiger partial charge in [0.2, 0.25) is 23.5 Å². The van der Waals surface area contributed by atoms with Gasteiger partial charge in [0.05, 0.1) is 11.3 Å². The van der Waals surface area contributed by atoms with Crippen molar-refractivity contribution in [1.82, 2.24) is 15.5 Å². The topological polar surface area (TPSA) is 140 Å². The van der Waals surface area contributed by atoms with E-state index in [1.165, 1.54) is 5.56 Å². The number of nitrogens with two attached hydrogens (primary N) is 1. The van der Waals surface area contributed by atoms with E-state index in [0.29, 0.717) is 28.9 Å². The number of hydrogen-bond donors (Lipinski definition) is 3. The average Bonchev–Trinajstić information content (AvgIpc) is 3.27. The lowest BCUT2D eigenvalue weighted by molar-refractivity contribution is -0.118. The van der Waals surface area contributed by atoms with Gasteiger partial charge in [0.25, 0.3) is 5.91 Å². The maximum atomic E-state index is 12.4. The van der Waals surface area contributed by atoms with Gasteiger partial charge in [0.15, 0.2) is 0 Å². The van der Waals surface area contributed by atoms with E-state index in [2.05, 4.69) is 34.6 Å². The van der Waals surface area contributed by atoms with Crippen LogP contribution in [0.2, 0.25) is 0 Å². The SMILES string of the molecule is CC(C)c1ccc(-c2noc(CCC(=O)Nc3ccccc3C(=O)NCCC(N)=O)n2)cc1. The minimum atomic E-state index is -0.506. The number of aryl methyl sites for hydroxylation is 1. The lowest BCUT2D eigenvalue weighted by Crippen LogP contribution is -2.28. The molecule has 9 nitrogen and oxygen atoms in total. The summed E-state index contributed by atoms with van der Waals surface area (Å²) in [6, 6.07) is 14.6. The fraction of sp³-hybridized carbons (Fsp3) is 0.292. The van der Waals surface area contributed by atoms with Crippen LogP contribution in [-0.4, -0.2) is 34.4 Å². The zero-order chi connectivity index (χ0) is 23.8. The second kappa shape index (κ2) is 11.0. The second-order valence-electron chi connectivity index (χ2n) is 7.85. The van der Waals surface area contributed by atoms with E-state index in [1.807, 2.05) is 24.3 Å². The number of nitrogens with one attached hydrogen (secondary N) is 2. The van der Waals surface area contributed by atoms with Crippen molar-refractivity contribution in [3.8, 4) is 11.4 Å². The van der Waals surface area contributed by atoms with Crippen LogP contribution in [0.15, 0.2) is 53.1 Å². The third kappa shape index (κ3) is 6.73. The third-order valence-corrected chi connectivity index (χ3v) is 4.97. The van der Waals surface area contributed by atoms with Gasteiger partial charge in [-0.25, -0.2) is 0 Å². The molecule has 0 bridgehead atoms. The van der Waals surface area contributed by atoms with Gasteiger partial charge >= 0.3 is 0 Å². The molecular weight excluding hydrogens is 422 g/mol. The van der Waals surface area contributed by atoms with E-state index in [-0.39, 0.29) is 31.7 Å². The van der Waals surface area contributed by atoms with Crippen LogP contribution in [0.3, 0.4) is 0 Å². The Morgan fingerprint density at radius 1 is 1.03 bits per heavy atom. The molecule has 0 fully saturated rings. The molecule has 0 atom stereocenters. The van der Waals surface area contributed by atoms with Gasteiger partial charge in [-0.2, -0.15) is 4.98 Å². The fourth-order valence-electron chi connectivity index (χ4n) is 3.11. The number of aromatic nitrogens is 2. The normalized spacial score (nSPS) is 10.8. The third-order valence-electron chi connectivity index (χ3n) is 4.97. The van der Waals surface area contributed by atoms with Crippen LogP contribution in [0.5, 0.6) is 0 Å². The number of benzene rings is 2. The summed E-state index contributed by atoms with van der Waals surface area (Å²) in [7, 11) is 0. The van der Waals surface area contributed by atoms with E-state index in [0.717, 1.165) is 5.56 Å². The molecule has 4 N–H and O–H groups in total. The molecule has 3 aromatic rings. The molecular formula is C24H27N5O4. The second-order valence-corrected chi connectivity index (χ2v) is 7.85. The molecule has 172 valence electrons. The van der Waals surface area contributed by atoms with Crippen molar-refractivity contribution in [2.75, 3.05) is 11.9 Å². The number of carbonyl (C=O) groups excluding carboxylic acids is 3. The molecule has 2 aromatic carbocycles. The van der Waals surface area contributed by atoms with Crippen LogP contribution >= 0.6 is 0 Å². The highest BCUT2D eigenvalue weighted by molar-refractivity contribution is 6.03. The highest BCUT2D eigenvalue weighted by Crippen LogP contribution is 2.21. The van der Waals surface area contributed by atoms with Crippen molar-refractivity contribution in [1.29, 1.82) is 0 Å².